The highest BCUT2D eigenvalue weighted by Gasteiger charge is 2.29. The van der Waals surface area contributed by atoms with E-state index in [4.69, 9.17) is 4.84 Å². The minimum Gasteiger partial charge on any atom is -0.410 e. The molecule has 2 N–H and O–H groups in total. The summed E-state index contributed by atoms with van der Waals surface area (Å²) in [5, 5.41) is 19.6. The fourth-order valence-corrected chi connectivity index (χ4v) is 3.03. The van der Waals surface area contributed by atoms with Gasteiger partial charge in [0.05, 0.1) is 5.71 Å². The Morgan fingerprint density at radius 2 is 1.79 bits per heavy atom. The van der Waals surface area contributed by atoms with Crippen molar-refractivity contribution >= 4 is 23.0 Å². The molecule has 3 aromatic rings. The van der Waals surface area contributed by atoms with Gasteiger partial charge < -0.3 is 15.4 Å². The predicted octanol–water partition coefficient (Wildman–Crippen LogP) is 3.44. The van der Waals surface area contributed by atoms with Crippen molar-refractivity contribution in [3.8, 4) is 0 Å². The Morgan fingerprint density at radius 1 is 1.03 bits per heavy atom. The van der Waals surface area contributed by atoms with Crippen LogP contribution in [0.2, 0.25) is 0 Å². The summed E-state index contributed by atoms with van der Waals surface area (Å²) < 4.78 is 0. The summed E-state index contributed by atoms with van der Waals surface area (Å²) in [7, 11) is 0. The number of rotatable bonds is 5. The first-order valence-electron chi connectivity index (χ1n) is 9.06. The number of oxime groups is 2. The van der Waals surface area contributed by atoms with Crippen LogP contribution in [0.25, 0.3) is 0 Å². The molecular formula is C22H18N4O3. The van der Waals surface area contributed by atoms with Crippen LogP contribution in [0.15, 0.2) is 89.4 Å². The molecule has 0 aliphatic carbocycles. The van der Waals surface area contributed by atoms with E-state index in [0.29, 0.717) is 23.5 Å². The number of carbonyl (C=O) groups is 1. The van der Waals surface area contributed by atoms with Crippen LogP contribution >= 0.6 is 0 Å². The van der Waals surface area contributed by atoms with Crippen LogP contribution in [0.5, 0.6) is 0 Å². The normalized spacial score (nSPS) is 16.1. The maximum Gasteiger partial charge on any atom is 0.268 e. The zero-order chi connectivity index (χ0) is 20.1. The molecule has 0 fully saturated rings. The maximum atomic E-state index is 12.5. The monoisotopic (exact) mass is 386 g/mol. The highest BCUT2D eigenvalue weighted by Crippen LogP contribution is 2.19. The van der Waals surface area contributed by atoms with Crippen LogP contribution < -0.4 is 5.32 Å². The van der Waals surface area contributed by atoms with Crippen molar-refractivity contribution < 1.29 is 14.8 Å². The average molecular weight is 386 g/mol. The Kier molecular flexibility index (Phi) is 5.29. The Labute approximate surface area is 167 Å². The molecule has 0 saturated carbocycles. The number of nitrogens with one attached hydrogen (secondary N) is 1. The van der Waals surface area contributed by atoms with Crippen LogP contribution in [-0.2, 0) is 9.63 Å². The second-order valence-electron chi connectivity index (χ2n) is 6.46. The van der Waals surface area contributed by atoms with Crippen molar-refractivity contribution in [3.63, 3.8) is 0 Å². The van der Waals surface area contributed by atoms with Crippen LogP contribution in [0.4, 0.5) is 5.69 Å². The quantitative estimate of drug-likeness (QED) is 0.399. The Balaban J connectivity index is 1.40. The summed E-state index contributed by atoms with van der Waals surface area (Å²) in [5.41, 5.74) is 4.13. The molecule has 7 nitrogen and oxygen atoms in total. The molecule has 1 aromatic heterocycles. The van der Waals surface area contributed by atoms with Gasteiger partial charge in [-0.2, -0.15) is 0 Å². The van der Waals surface area contributed by atoms with Gasteiger partial charge in [0.2, 0.25) is 6.10 Å². The van der Waals surface area contributed by atoms with Gasteiger partial charge in [0.25, 0.3) is 5.91 Å². The Hall–Kier alpha value is -4.00. The molecule has 2 aromatic carbocycles. The van der Waals surface area contributed by atoms with E-state index in [9.17, 15) is 10.0 Å². The van der Waals surface area contributed by atoms with E-state index in [2.05, 4.69) is 20.6 Å². The number of amides is 1. The largest absolute Gasteiger partial charge is 0.410 e. The van der Waals surface area contributed by atoms with Gasteiger partial charge in [0, 0.05) is 41.2 Å². The first-order chi connectivity index (χ1) is 14.2. The highest BCUT2D eigenvalue weighted by molar-refractivity contribution is 6.12. The van der Waals surface area contributed by atoms with Crippen LogP contribution in [0, 0.1) is 0 Å². The van der Waals surface area contributed by atoms with E-state index in [1.807, 2.05) is 42.5 Å². The van der Waals surface area contributed by atoms with Crippen molar-refractivity contribution in [3.05, 3.63) is 95.8 Å². The van der Waals surface area contributed by atoms with Gasteiger partial charge in [-0.3, -0.25) is 9.78 Å². The number of hydrogen-bond donors (Lipinski definition) is 2. The molecule has 4 rings (SSSR count). The topological polar surface area (TPSA) is 96.2 Å². The molecule has 7 heteroatoms. The third-order valence-corrected chi connectivity index (χ3v) is 4.53. The lowest BCUT2D eigenvalue weighted by Crippen LogP contribution is -2.28. The van der Waals surface area contributed by atoms with Crippen molar-refractivity contribution in [1.29, 1.82) is 0 Å². The number of hydrogen-bond acceptors (Lipinski definition) is 6. The third-order valence-electron chi connectivity index (χ3n) is 4.53. The van der Waals surface area contributed by atoms with E-state index in [1.165, 1.54) is 0 Å². The lowest BCUT2D eigenvalue weighted by molar-refractivity contribution is -0.125. The Bertz CT molecular complexity index is 1050. The lowest BCUT2D eigenvalue weighted by atomic mass is 10.0. The number of carbonyl (C=O) groups excluding carboxylic acids is 1. The molecule has 0 spiro atoms. The molecular weight excluding hydrogens is 368 g/mol. The van der Waals surface area contributed by atoms with E-state index < -0.39 is 6.10 Å². The van der Waals surface area contributed by atoms with Gasteiger partial charge in [-0.25, -0.2) is 0 Å². The summed E-state index contributed by atoms with van der Waals surface area (Å²) in [6.45, 7) is 0. The summed E-state index contributed by atoms with van der Waals surface area (Å²) in [6, 6.07) is 20.1. The van der Waals surface area contributed by atoms with E-state index >= 15 is 0 Å². The van der Waals surface area contributed by atoms with Gasteiger partial charge >= 0.3 is 0 Å². The fourth-order valence-electron chi connectivity index (χ4n) is 3.03. The van der Waals surface area contributed by atoms with Gasteiger partial charge in [0.15, 0.2) is 0 Å². The number of pyridine rings is 1. The standard InChI is InChI=1S/C22H18N4O3/c27-22(20-13-19(26-29-20)17-7-4-12-23-14-17)24-18-10-8-16(9-11-18)21(25-28)15-5-2-1-3-6-15/h1-12,14,20,28H,13H2,(H,24,27)/b25-21-. The molecule has 1 aliphatic heterocycles. The highest BCUT2D eigenvalue weighted by atomic mass is 16.6. The lowest BCUT2D eigenvalue weighted by Gasteiger charge is -2.10. The number of anilines is 1. The van der Waals surface area contributed by atoms with Crippen molar-refractivity contribution in [1.82, 2.24) is 4.98 Å². The zero-order valence-corrected chi connectivity index (χ0v) is 15.4. The summed E-state index contributed by atoms with van der Waals surface area (Å²) in [4.78, 5) is 21.8. The molecule has 1 unspecified atom stereocenters. The third kappa shape index (κ3) is 4.14. The van der Waals surface area contributed by atoms with Crippen LogP contribution in [0.1, 0.15) is 23.1 Å². The summed E-state index contributed by atoms with van der Waals surface area (Å²) >= 11 is 0. The molecule has 29 heavy (non-hydrogen) atoms. The smallest absolute Gasteiger partial charge is 0.268 e. The second-order valence-corrected chi connectivity index (χ2v) is 6.46. The fraction of sp³-hybridized carbons (Fsp3) is 0.0909. The SMILES string of the molecule is O=C(Nc1ccc(/C(=N\O)c2ccccc2)cc1)C1CC(c2cccnc2)=NO1. The van der Waals surface area contributed by atoms with Gasteiger partial charge in [0.1, 0.15) is 5.71 Å². The number of aromatic nitrogens is 1. The van der Waals surface area contributed by atoms with E-state index in [0.717, 1.165) is 16.7 Å². The molecule has 2 heterocycles. The van der Waals surface area contributed by atoms with Gasteiger partial charge in [-0.1, -0.05) is 52.8 Å². The first-order valence-corrected chi connectivity index (χ1v) is 9.06. The second kappa shape index (κ2) is 8.35. The van der Waals surface area contributed by atoms with Gasteiger partial charge in [-0.05, 0) is 24.3 Å². The predicted molar refractivity (Wildman–Crippen MR) is 109 cm³/mol. The molecule has 0 radical (unpaired) electrons. The van der Waals surface area contributed by atoms with Crippen molar-refractivity contribution in [2.45, 2.75) is 12.5 Å². The van der Waals surface area contributed by atoms with Gasteiger partial charge in [-0.15, -0.1) is 0 Å². The van der Waals surface area contributed by atoms with E-state index in [1.54, 1.807) is 36.7 Å². The maximum absolute atomic E-state index is 12.5. The summed E-state index contributed by atoms with van der Waals surface area (Å²) in [6.07, 6.45) is 3.06. The Morgan fingerprint density at radius 3 is 2.48 bits per heavy atom. The minimum absolute atomic E-state index is 0.278. The van der Waals surface area contributed by atoms with E-state index in [-0.39, 0.29) is 5.91 Å². The molecule has 144 valence electrons. The molecule has 1 amide bonds. The molecule has 0 bridgehead atoms. The molecule has 1 atom stereocenters. The van der Waals surface area contributed by atoms with Crippen LogP contribution in [-0.4, -0.2) is 33.6 Å². The summed E-state index contributed by atoms with van der Waals surface area (Å²) in [5.74, 6) is -0.278. The molecule has 0 saturated heterocycles. The number of nitrogens with zero attached hydrogens (tertiary/aromatic N) is 3. The number of benzene rings is 2. The minimum atomic E-state index is -0.691. The van der Waals surface area contributed by atoms with Crippen molar-refractivity contribution in [2.75, 3.05) is 5.32 Å². The van der Waals surface area contributed by atoms with Crippen LogP contribution in [0.3, 0.4) is 0 Å². The zero-order valence-electron chi connectivity index (χ0n) is 15.4. The van der Waals surface area contributed by atoms with Crippen molar-refractivity contribution in [2.24, 2.45) is 10.3 Å². The molecule has 1 aliphatic rings. The average Bonchev–Trinajstić information content (AvgIpc) is 3.27. The first kappa shape index (κ1) is 18.4.